The van der Waals surface area contributed by atoms with Crippen LogP contribution in [0, 0.1) is 0 Å². The number of hydrogen-bond acceptors (Lipinski definition) is 5. The van der Waals surface area contributed by atoms with Crippen molar-refractivity contribution in [2.24, 2.45) is 4.99 Å². The van der Waals surface area contributed by atoms with Gasteiger partial charge in [0.05, 0.1) is 28.1 Å². The molecular formula is C12H16BrN5. The molecule has 4 N–H and O–H groups in total. The van der Waals surface area contributed by atoms with Crippen LogP contribution in [0.2, 0.25) is 0 Å². The highest BCUT2D eigenvalue weighted by molar-refractivity contribution is 9.10. The van der Waals surface area contributed by atoms with E-state index in [1.165, 1.54) is 0 Å². The third-order valence-corrected chi connectivity index (χ3v) is 3.88. The first kappa shape index (κ1) is 11.6. The van der Waals surface area contributed by atoms with Gasteiger partial charge in [-0.05, 0) is 35.0 Å². The largest absolute Gasteiger partial charge is 0.381 e. The summed E-state index contributed by atoms with van der Waals surface area (Å²) in [5, 5.41) is 13.4. The van der Waals surface area contributed by atoms with Crippen molar-refractivity contribution >= 4 is 39.0 Å². The number of hydrogen-bond donors (Lipinski definition) is 4. The van der Waals surface area contributed by atoms with Crippen molar-refractivity contribution in [3.8, 4) is 0 Å². The second kappa shape index (κ2) is 4.68. The van der Waals surface area contributed by atoms with Gasteiger partial charge in [0.1, 0.15) is 0 Å². The lowest BCUT2D eigenvalue weighted by Crippen LogP contribution is -2.31. The van der Waals surface area contributed by atoms with Crippen molar-refractivity contribution in [3.05, 3.63) is 16.6 Å². The summed E-state index contributed by atoms with van der Waals surface area (Å²) in [5.41, 5.74) is 3.26. The van der Waals surface area contributed by atoms with E-state index in [1.807, 2.05) is 0 Å². The van der Waals surface area contributed by atoms with Crippen LogP contribution in [0.25, 0.3) is 0 Å². The van der Waals surface area contributed by atoms with Crippen LogP contribution in [-0.2, 0) is 0 Å². The predicted octanol–water partition coefficient (Wildman–Crippen LogP) is 2.05. The molecular weight excluding hydrogens is 294 g/mol. The normalized spacial score (nSPS) is 21.2. The van der Waals surface area contributed by atoms with E-state index in [-0.39, 0.29) is 0 Å². The van der Waals surface area contributed by atoms with Gasteiger partial charge >= 0.3 is 0 Å². The van der Waals surface area contributed by atoms with E-state index in [0.29, 0.717) is 6.04 Å². The molecule has 0 bridgehead atoms. The number of benzene rings is 1. The number of rotatable bonds is 1. The predicted molar refractivity (Wildman–Crippen MR) is 79.6 cm³/mol. The Bertz CT molecular complexity index is 499. The lowest BCUT2D eigenvalue weighted by molar-refractivity contribution is 0.817. The van der Waals surface area contributed by atoms with Gasteiger partial charge in [-0.25, -0.2) is 0 Å². The summed E-state index contributed by atoms with van der Waals surface area (Å²) in [4.78, 5) is 4.34. The van der Waals surface area contributed by atoms with Gasteiger partial charge < -0.3 is 21.3 Å². The number of fused-ring (bicyclic) bond motifs is 1. The van der Waals surface area contributed by atoms with E-state index in [1.54, 1.807) is 0 Å². The maximum absolute atomic E-state index is 4.34. The Balaban J connectivity index is 1.89. The number of anilines is 3. The highest BCUT2D eigenvalue weighted by Crippen LogP contribution is 2.39. The monoisotopic (exact) mass is 309 g/mol. The fourth-order valence-electron chi connectivity index (χ4n) is 2.13. The van der Waals surface area contributed by atoms with Crippen LogP contribution in [-0.4, -0.2) is 31.6 Å². The summed E-state index contributed by atoms with van der Waals surface area (Å²) >= 11 is 3.65. The molecule has 2 heterocycles. The molecule has 3 rings (SSSR count). The summed E-state index contributed by atoms with van der Waals surface area (Å²) in [6.07, 6.45) is 0. The van der Waals surface area contributed by atoms with Crippen molar-refractivity contribution in [2.75, 3.05) is 35.6 Å². The molecule has 1 aromatic carbocycles. The molecule has 0 saturated heterocycles. The highest BCUT2D eigenvalue weighted by Gasteiger charge is 2.18. The summed E-state index contributed by atoms with van der Waals surface area (Å²) in [6.45, 7) is 4.84. The Morgan fingerprint density at radius 2 is 2.28 bits per heavy atom. The topological polar surface area (TPSA) is 60.5 Å². The van der Waals surface area contributed by atoms with Crippen LogP contribution < -0.4 is 21.3 Å². The lowest BCUT2D eigenvalue weighted by Gasteiger charge is -2.27. The molecule has 6 heteroatoms. The number of aliphatic imine (C=N–C) groups is 1. The fourth-order valence-corrected chi connectivity index (χ4v) is 2.69. The first-order chi connectivity index (χ1) is 8.74. The molecule has 96 valence electrons. The van der Waals surface area contributed by atoms with Crippen molar-refractivity contribution in [2.45, 2.75) is 13.0 Å². The molecule has 0 saturated carbocycles. The Morgan fingerprint density at radius 1 is 1.39 bits per heavy atom. The van der Waals surface area contributed by atoms with Gasteiger partial charge in [-0.15, -0.1) is 0 Å². The summed E-state index contributed by atoms with van der Waals surface area (Å²) in [5.74, 6) is 0.840. The number of nitrogens with zero attached hydrogens (tertiary/aromatic N) is 1. The zero-order chi connectivity index (χ0) is 12.5. The molecule has 1 unspecified atom stereocenters. The maximum atomic E-state index is 4.34. The molecule has 1 atom stereocenters. The average molecular weight is 310 g/mol. The minimum Gasteiger partial charge on any atom is -0.381 e. The van der Waals surface area contributed by atoms with E-state index in [4.69, 9.17) is 0 Å². The van der Waals surface area contributed by atoms with E-state index < -0.39 is 0 Å². The van der Waals surface area contributed by atoms with E-state index in [2.05, 4.69) is 61.2 Å². The molecule has 5 nitrogen and oxygen atoms in total. The van der Waals surface area contributed by atoms with Crippen LogP contribution in [0.4, 0.5) is 17.1 Å². The smallest absolute Gasteiger partial charge is 0.195 e. The molecule has 0 spiro atoms. The van der Waals surface area contributed by atoms with Gasteiger partial charge in [0.25, 0.3) is 0 Å². The van der Waals surface area contributed by atoms with Gasteiger partial charge in [0.2, 0.25) is 0 Å². The number of guanidine groups is 1. The van der Waals surface area contributed by atoms with E-state index in [0.717, 1.165) is 47.1 Å². The van der Waals surface area contributed by atoms with Crippen LogP contribution in [0.3, 0.4) is 0 Å². The Morgan fingerprint density at radius 3 is 3.06 bits per heavy atom. The maximum Gasteiger partial charge on any atom is 0.195 e. The van der Waals surface area contributed by atoms with Gasteiger partial charge in [-0.2, -0.15) is 0 Å². The highest BCUT2D eigenvalue weighted by atomic mass is 79.9. The van der Waals surface area contributed by atoms with Crippen LogP contribution in [0.15, 0.2) is 21.6 Å². The summed E-state index contributed by atoms with van der Waals surface area (Å²) in [6, 6.07) is 4.55. The third kappa shape index (κ3) is 2.12. The SMILES string of the molecule is CC1CNc2ccc(NC3=NCCN3)c(Br)c2N1. The van der Waals surface area contributed by atoms with Gasteiger partial charge in [0.15, 0.2) is 5.96 Å². The van der Waals surface area contributed by atoms with Crippen LogP contribution in [0.5, 0.6) is 0 Å². The Kier molecular flexibility index (Phi) is 3.03. The van der Waals surface area contributed by atoms with Gasteiger partial charge in [-0.1, -0.05) is 0 Å². The van der Waals surface area contributed by atoms with Crippen molar-refractivity contribution in [1.82, 2.24) is 5.32 Å². The van der Waals surface area contributed by atoms with Crippen molar-refractivity contribution in [1.29, 1.82) is 0 Å². The fraction of sp³-hybridized carbons (Fsp3) is 0.417. The second-order valence-corrected chi connectivity index (χ2v) is 5.35. The molecule has 0 aromatic heterocycles. The Labute approximate surface area is 115 Å². The molecule has 0 amide bonds. The lowest BCUT2D eigenvalue weighted by atomic mass is 10.1. The molecule has 2 aliphatic heterocycles. The number of halogens is 1. The number of nitrogens with one attached hydrogen (secondary N) is 4. The minimum atomic E-state index is 0.422. The zero-order valence-electron chi connectivity index (χ0n) is 10.2. The molecule has 0 aliphatic carbocycles. The Hall–Kier alpha value is -1.43. The molecule has 0 fully saturated rings. The average Bonchev–Trinajstić information content (AvgIpc) is 2.86. The summed E-state index contributed by atoms with van der Waals surface area (Å²) < 4.78 is 1.04. The van der Waals surface area contributed by atoms with Gasteiger partial charge in [-0.3, -0.25) is 4.99 Å². The third-order valence-electron chi connectivity index (χ3n) is 3.06. The van der Waals surface area contributed by atoms with Gasteiger partial charge in [0, 0.05) is 19.1 Å². The quantitative estimate of drug-likeness (QED) is 0.641. The van der Waals surface area contributed by atoms with Crippen molar-refractivity contribution < 1.29 is 0 Å². The molecule has 18 heavy (non-hydrogen) atoms. The second-order valence-electron chi connectivity index (χ2n) is 4.56. The molecule has 1 aromatic rings. The minimum absolute atomic E-state index is 0.422. The van der Waals surface area contributed by atoms with E-state index >= 15 is 0 Å². The standard InChI is InChI=1S/C12H16BrN5/c1-7-6-16-9-3-2-8(10(13)11(9)17-7)18-12-14-4-5-15-12/h2-3,7,16-17H,4-6H2,1H3,(H2,14,15,18). The van der Waals surface area contributed by atoms with Crippen molar-refractivity contribution in [3.63, 3.8) is 0 Å². The molecule has 0 radical (unpaired) electrons. The van der Waals surface area contributed by atoms with Crippen LogP contribution >= 0.6 is 15.9 Å². The first-order valence-electron chi connectivity index (χ1n) is 6.12. The zero-order valence-corrected chi connectivity index (χ0v) is 11.8. The summed E-state index contributed by atoms with van der Waals surface area (Å²) in [7, 11) is 0. The molecule has 2 aliphatic rings. The van der Waals surface area contributed by atoms with E-state index in [9.17, 15) is 0 Å². The first-order valence-corrected chi connectivity index (χ1v) is 6.91. The van der Waals surface area contributed by atoms with Crippen LogP contribution in [0.1, 0.15) is 6.92 Å².